The topological polar surface area (TPSA) is 55.3 Å². The average molecular weight is 286 g/mol. The third-order valence-electron chi connectivity index (χ3n) is 3.98. The van der Waals surface area contributed by atoms with Gasteiger partial charge in [-0.2, -0.15) is 0 Å². The van der Waals surface area contributed by atoms with Crippen LogP contribution in [0.1, 0.15) is 32.6 Å². The minimum atomic E-state index is -0.492. The van der Waals surface area contributed by atoms with Crippen LogP contribution in [0, 0.1) is 11.7 Å². The maximum atomic E-state index is 14.3. The van der Waals surface area contributed by atoms with Gasteiger partial charge in [-0.1, -0.05) is 24.9 Å². The van der Waals surface area contributed by atoms with Crippen LogP contribution in [0.5, 0.6) is 0 Å². The Morgan fingerprint density at radius 2 is 2.05 bits per heavy atom. The van der Waals surface area contributed by atoms with E-state index in [4.69, 9.17) is 23.1 Å². The van der Waals surface area contributed by atoms with Crippen LogP contribution in [0.3, 0.4) is 0 Å². The Bertz CT molecular complexity index is 464. The van der Waals surface area contributed by atoms with Crippen molar-refractivity contribution >= 4 is 28.7 Å². The van der Waals surface area contributed by atoms with Crippen LogP contribution in [0.25, 0.3) is 0 Å². The number of hydrogen-bond acceptors (Lipinski definition) is 3. The van der Waals surface area contributed by atoms with Gasteiger partial charge in [0, 0.05) is 13.1 Å². The van der Waals surface area contributed by atoms with Crippen molar-refractivity contribution in [1.29, 1.82) is 0 Å². The van der Waals surface area contributed by atoms with Gasteiger partial charge in [-0.15, -0.1) is 0 Å². The van der Waals surface area contributed by atoms with E-state index >= 15 is 0 Å². The molecule has 1 atom stereocenters. The molecular weight excluding hydrogens is 265 g/mol. The first kappa shape index (κ1) is 14.3. The predicted molar refractivity (Wildman–Crippen MR) is 80.1 cm³/mol. The minimum absolute atomic E-state index is 0.0273. The Hall–Kier alpha value is -1.16. The zero-order chi connectivity index (χ0) is 14.0. The highest BCUT2D eigenvalue weighted by Crippen LogP contribution is 2.37. The molecular formula is C14H21ClFN3. The monoisotopic (exact) mass is 285 g/mol. The minimum Gasteiger partial charge on any atom is -0.397 e. The fourth-order valence-corrected chi connectivity index (χ4v) is 2.92. The molecule has 19 heavy (non-hydrogen) atoms. The molecule has 0 amide bonds. The molecule has 4 N–H and O–H groups in total. The molecule has 2 rings (SSSR count). The fraction of sp³-hybridized carbons (Fsp3) is 0.571. The molecule has 1 heterocycles. The van der Waals surface area contributed by atoms with Crippen LogP contribution in [0.2, 0.25) is 5.02 Å². The Balaban J connectivity index is 2.29. The van der Waals surface area contributed by atoms with E-state index in [1.54, 1.807) is 6.07 Å². The second-order valence-corrected chi connectivity index (χ2v) is 5.60. The highest BCUT2D eigenvalue weighted by Gasteiger charge is 2.22. The second kappa shape index (κ2) is 5.87. The lowest BCUT2D eigenvalue weighted by Gasteiger charge is -2.25. The van der Waals surface area contributed by atoms with Crippen LogP contribution < -0.4 is 16.4 Å². The molecule has 1 aromatic rings. The molecule has 0 aromatic heterocycles. The van der Waals surface area contributed by atoms with Gasteiger partial charge in [-0.3, -0.25) is 0 Å². The van der Waals surface area contributed by atoms with Gasteiger partial charge in [0.1, 0.15) is 5.02 Å². The number of anilines is 3. The average Bonchev–Trinajstić information content (AvgIpc) is 2.62. The van der Waals surface area contributed by atoms with E-state index in [9.17, 15) is 4.39 Å². The summed E-state index contributed by atoms with van der Waals surface area (Å²) in [5.74, 6) is 0.229. The molecule has 0 spiro atoms. The van der Waals surface area contributed by atoms with E-state index in [2.05, 4.69) is 6.92 Å². The number of benzene rings is 1. The number of hydrogen-bond donors (Lipinski definition) is 2. The van der Waals surface area contributed by atoms with Crippen molar-refractivity contribution in [1.82, 2.24) is 0 Å². The number of halogens is 2. The molecule has 1 aromatic carbocycles. The molecule has 1 fully saturated rings. The summed E-state index contributed by atoms with van der Waals surface area (Å²) in [5.41, 5.74) is 12.5. The zero-order valence-corrected chi connectivity index (χ0v) is 12.0. The summed E-state index contributed by atoms with van der Waals surface area (Å²) in [7, 11) is 0. The van der Waals surface area contributed by atoms with Gasteiger partial charge in [0.05, 0.1) is 17.1 Å². The molecule has 1 aliphatic rings. The SMILES string of the molecule is CCC1CCCN(c2c(N)cc(N)c(Cl)c2F)CC1. The quantitative estimate of drug-likeness (QED) is 0.815. The van der Waals surface area contributed by atoms with Crippen molar-refractivity contribution in [2.45, 2.75) is 32.6 Å². The summed E-state index contributed by atoms with van der Waals surface area (Å²) in [5, 5.41) is -0.0273. The van der Waals surface area contributed by atoms with Gasteiger partial charge in [0.25, 0.3) is 0 Å². The first-order valence-corrected chi connectivity index (χ1v) is 7.20. The largest absolute Gasteiger partial charge is 0.397 e. The smallest absolute Gasteiger partial charge is 0.169 e. The van der Waals surface area contributed by atoms with Crippen molar-refractivity contribution in [2.24, 2.45) is 5.92 Å². The van der Waals surface area contributed by atoms with Crippen LogP contribution >= 0.6 is 11.6 Å². The third-order valence-corrected chi connectivity index (χ3v) is 4.36. The van der Waals surface area contributed by atoms with E-state index in [0.29, 0.717) is 11.4 Å². The van der Waals surface area contributed by atoms with E-state index < -0.39 is 5.82 Å². The highest BCUT2D eigenvalue weighted by atomic mass is 35.5. The van der Waals surface area contributed by atoms with E-state index in [1.165, 1.54) is 12.8 Å². The standard InChI is InChI=1S/C14H21ClFN3/c1-2-9-4-3-6-19(7-5-9)14-11(18)8-10(17)12(15)13(14)16/h8-9H,2-7,17-18H2,1H3. The van der Waals surface area contributed by atoms with E-state index in [1.807, 2.05) is 4.90 Å². The second-order valence-electron chi connectivity index (χ2n) is 5.22. The summed E-state index contributed by atoms with van der Waals surface area (Å²) < 4.78 is 14.3. The molecule has 0 saturated carbocycles. The fourth-order valence-electron chi connectivity index (χ4n) is 2.78. The third kappa shape index (κ3) is 2.89. The lowest BCUT2D eigenvalue weighted by molar-refractivity contribution is 0.459. The molecule has 3 nitrogen and oxygen atoms in total. The number of rotatable bonds is 2. The lowest BCUT2D eigenvalue weighted by atomic mass is 9.98. The molecule has 0 aliphatic carbocycles. The van der Waals surface area contributed by atoms with Crippen LogP contribution in [0.4, 0.5) is 21.5 Å². The Morgan fingerprint density at radius 3 is 2.74 bits per heavy atom. The van der Waals surface area contributed by atoms with Gasteiger partial charge in [-0.25, -0.2) is 4.39 Å². The summed E-state index contributed by atoms with van der Waals surface area (Å²) in [6.45, 7) is 3.84. The Morgan fingerprint density at radius 1 is 1.32 bits per heavy atom. The van der Waals surface area contributed by atoms with Gasteiger partial charge in [0.2, 0.25) is 0 Å². The van der Waals surface area contributed by atoms with Crippen LogP contribution in [-0.2, 0) is 0 Å². The molecule has 5 heteroatoms. The first-order chi connectivity index (χ1) is 9.04. The van der Waals surface area contributed by atoms with Crippen molar-refractivity contribution in [2.75, 3.05) is 29.5 Å². The van der Waals surface area contributed by atoms with Crippen molar-refractivity contribution in [3.05, 3.63) is 16.9 Å². The number of nitrogens with two attached hydrogens (primary N) is 2. The van der Waals surface area contributed by atoms with E-state index in [0.717, 1.165) is 31.8 Å². The molecule has 106 valence electrons. The summed E-state index contributed by atoms with van der Waals surface area (Å²) >= 11 is 5.89. The molecule has 1 unspecified atom stereocenters. The molecule has 0 bridgehead atoms. The first-order valence-electron chi connectivity index (χ1n) is 6.82. The Kier molecular flexibility index (Phi) is 4.40. The van der Waals surface area contributed by atoms with Crippen molar-refractivity contribution in [3.63, 3.8) is 0 Å². The lowest BCUT2D eigenvalue weighted by Crippen LogP contribution is -2.26. The van der Waals surface area contributed by atoms with Crippen LogP contribution in [-0.4, -0.2) is 13.1 Å². The number of nitrogens with zero attached hydrogens (tertiary/aromatic N) is 1. The highest BCUT2D eigenvalue weighted by molar-refractivity contribution is 6.33. The van der Waals surface area contributed by atoms with Gasteiger partial charge in [0.15, 0.2) is 5.82 Å². The van der Waals surface area contributed by atoms with Crippen LogP contribution in [0.15, 0.2) is 6.07 Å². The normalized spacial score (nSPS) is 20.4. The maximum Gasteiger partial charge on any atom is 0.169 e. The molecule has 1 aliphatic heterocycles. The predicted octanol–water partition coefficient (Wildman–Crippen LogP) is 3.66. The summed E-state index contributed by atoms with van der Waals surface area (Å²) in [6.07, 6.45) is 4.49. The van der Waals surface area contributed by atoms with Gasteiger partial charge < -0.3 is 16.4 Å². The Labute approximate surface area is 118 Å². The van der Waals surface area contributed by atoms with E-state index in [-0.39, 0.29) is 10.7 Å². The molecule has 1 saturated heterocycles. The maximum absolute atomic E-state index is 14.3. The van der Waals surface area contributed by atoms with Gasteiger partial charge >= 0.3 is 0 Å². The van der Waals surface area contributed by atoms with Crippen molar-refractivity contribution in [3.8, 4) is 0 Å². The summed E-state index contributed by atoms with van der Waals surface area (Å²) in [4.78, 5) is 2.01. The van der Waals surface area contributed by atoms with Gasteiger partial charge in [-0.05, 0) is 31.2 Å². The number of nitrogen functional groups attached to an aromatic ring is 2. The van der Waals surface area contributed by atoms with Crippen molar-refractivity contribution < 1.29 is 4.39 Å². The zero-order valence-electron chi connectivity index (χ0n) is 11.3. The summed E-state index contributed by atoms with van der Waals surface area (Å²) in [6, 6.07) is 1.54. The molecule has 0 radical (unpaired) electrons.